The minimum Gasteiger partial charge on any atom is -0.386 e. The maximum absolute atomic E-state index is 12.9. The number of nitrogens with one attached hydrogen (secondary N) is 1. The molecule has 1 heterocycles. The summed E-state index contributed by atoms with van der Waals surface area (Å²) in [6.45, 7) is 11.2. The zero-order valence-corrected chi connectivity index (χ0v) is 20.1. The number of benzene rings is 2. The van der Waals surface area contributed by atoms with Crippen molar-refractivity contribution in [1.82, 2.24) is 9.78 Å². The van der Waals surface area contributed by atoms with Crippen molar-refractivity contribution in [1.29, 1.82) is 0 Å². The number of rotatable bonds is 5. The normalized spacial score (nSPS) is 12.8. The van der Waals surface area contributed by atoms with Gasteiger partial charge in [-0.1, -0.05) is 50.6 Å². The molecular weight excluding hydrogens is 434 g/mol. The van der Waals surface area contributed by atoms with Crippen LogP contribution < -0.4 is 4.72 Å². The van der Waals surface area contributed by atoms with Gasteiger partial charge in [-0.2, -0.15) is 5.10 Å². The number of hydrogen-bond donors (Lipinski definition) is 2. The maximum Gasteiger partial charge on any atom is 0.261 e. The fourth-order valence-electron chi connectivity index (χ4n) is 3.59. The molecule has 6 nitrogen and oxygen atoms in total. The molecule has 31 heavy (non-hydrogen) atoms. The molecule has 0 aliphatic carbocycles. The summed E-state index contributed by atoms with van der Waals surface area (Å²) in [5.74, 6) is 0. The number of anilines is 1. The van der Waals surface area contributed by atoms with Crippen LogP contribution in [0.5, 0.6) is 0 Å². The standard InChI is InChI=1S/C23H28ClN3O3S/c1-15-20(23(5,6)28)21(24)25-27(15)16-12-13-19(18(14-16)22(2,3)4)26-31(29,30)17-10-8-7-9-11-17/h7-14,26,28H,1-6H3. The molecule has 166 valence electrons. The van der Waals surface area contributed by atoms with Crippen LogP contribution in [0.4, 0.5) is 5.69 Å². The molecule has 0 aliphatic heterocycles. The smallest absolute Gasteiger partial charge is 0.261 e. The largest absolute Gasteiger partial charge is 0.386 e. The first-order valence-corrected chi connectivity index (χ1v) is 11.8. The number of nitrogens with zero attached hydrogens (tertiary/aromatic N) is 2. The highest BCUT2D eigenvalue weighted by molar-refractivity contribution is 7.92. The average Bonchev–Trinajstić information content (AvgIpc) is 2.96. The molecule has 2 N–H and O–H groups in total. The van der Waals surface area contributed by atoms with Crippen molar-refractivity contribution >= 4 is 27.3 Å². The predicted octanol–water partition coefficient (Wildman–Crippen LogP) is 5.16. The first kappa shape index (κ1) is 23.3. The third-order valence-electron chi connectivity index (χ3n) is 5.04. The van der Waals surface area contributed by atoms with E-state index in [1.165, 1.54) is 0 Å². The Labute approximate surface area is 188 Å². The van der Waals surface area contributed by atoms with Crippen LogP contribution in [-0.2, 0) is 21.0 Å². The van der Waals surface area contributed by atoms with E-state index in [0.717, 1.165) is 16.9 Å². The first-order valence-electron chi connectivity index (χ1n) is 9.92. The molecule has 0 aliphatic rings. The minimum absolute atomic E-state index is 0.198. The predicted molar refractivity (Wildman–Crippen MR) is 125 cm³/mol. The fourth-order valence-corrected chi connectivity index (χ4v) is 5.14. The second-order valence-electron chi connectivity index (χ2n) is 9.12. The number of aliphatic hydroxyl groups is 1. The Balaban J connectivity index is 2.11. The summed E-state index contributed by atoms with van der Waals surface area (Å²) >= 11 is 6.32. The molecule has 1 aromatic heterocycles. The van der Waals surface area contributed by atoms with Gasteiger partial charge in [0.1, 0.15) is 0 Å². The highest BCUT2D eigenvalue weighted by Gasteiger charge is 2.28. The zero-order chi connectivity index (χ0) is 23.2. The third kappa shape index (κ3) is 4.79. The van der Waals surface area contributed by atoms with E-state index in [0.29, 0.717) is 11.3 Å². The monoisotopic (exact) mass is 461 g/mol. The second-order valence-corrected chi connectivity index (χ2v) is 11.2. The molecule has 0 bridgehead atoms. The van der Waals surface area contributed by atoms with Crippen molar-refractivity contribution in [2.24, 2.45) is 0 Å². The number of aromatic nitrogens is 2. The van der Waals surface area contributed by atoms with E-state index < -0.39 is 15.6 Å². The van der Waals surface area contributed by atoms with Gasteiger partial charge in [-0.3, -0.25) is 4.72 Å². The van der Waals surface area contributed by atoms with Crippen LogP contribution in [0, 0.1) is 6.92 Å². The number of halogens is 1. The Morgan fingerprint density at radius 1 is 1.03 bits per heavy atom. The molecule has 0 spiro atoms. The van der Waals surface area contributed by atoms with Crippen LogP contribution in [0.25, 0.3) is 5.69 Å². The van der Waals surface area contributed by atoms with Crippen LogP contribution in [0.1, 0.15) is 51.4 Å². The van der Waals surface area contributed by atoms with Gasteiger partial charge in [0.05, 0.1) is 21.9 Å². The maximum atomic E-state index is 12.9. The van der Waals surface area contributed by atoms with Crippen molar-refractivity contribution in [3.8, 4) is 5.69 Å². The first-order chi connectivity index (χ1) is 14.2. The molecule has 2 aromatic carbocycles. The van der Waals surface area contributed by atoms with Gasteiger partial charge in [-0.15, -0.1) is 0 Å². The van der Waals surface area contributed by atoms with Gasteiger partial charge in [-0.05, 0) is 62.1 Å². The van der Waals surface area contributed by atoms with E-state index in [4.69, 9.17) is 11.6 Å². The second kappa shape index (κ2) is 7.97. The SMILES string of the molecule is Cc1c(C(C)(C)O)c(Cl)nn1-c1ccc(NS(=O)(=O)c2ccccc2)c(C(C)(C)C)c1. The molecule has 0 saturated carbocycles. The summed E-state index contributed by atoms with van der Waals surface area (Å²) in [4.78, 5) is 0.198. The number of sulfonamides is 1. The minimum atomic E-state index is -3.73. The highest BCUT2D eigenvalue weighted by Crippen LogP contribution is 2.35. The third-order valence-corrected chi connectivity index (χ3v) is 6.68. The Morgan fingerprint density at radius 3 is 2.16 bits per heavy atom. The van der Waals surface area contributed by atoms with Gasteiger partial charge in [0.2, 0.25) is 0 Å². The van der Waals surface area contributed by atoms with Crippen LogP contribution >= 0.6 is 11.6 Å². The fraction of sp³-hybridized carbons (Fsp3) is 0.348. The molecule has 0 saturated heterocycles. The molecule has 0 atom stereocenters. The quantitative estimate of drug-likeness (QED) is 0.549. The van der Waals surface area contributed by atoms with Crippen molar-refractivity contribution in [2.75, 3.05) is 4.72 Å². The summed E-state index contributed by atoms with van der Waals surface area (Å²) in [7, 11) is -3.73. The molecule has 8 heteroatoms. The van der Waals surface area contributed by atoms with Crippen molar-refractivity contribution < 1.29 is 13.5 Å². The Bertz CT molecular complexity index is 1210. The van der Waals surface area contributed by atoms with E-state index in [2.05, 4.69) is 9.82 Å². The number of hydrogen-bond acceptors (Lipinski definition) is 4. The zero-order valence-electron chi connectivity index (χ0n) is 18.6. The van der Waals surface area contributed by atoms with E-state index >= 15 is 0 Å². The summed E-state index contributed by atoms with van der Waals surface area (Å²) in [5.41, 5.74) is 1.81. The lowest BCUT2D eigenvalue weighted by atomic mass is 9.85. The summed E-state index contributed by atoms with van der Waals surface area (Å²) < 4.78 is 30.1. The van der Waals surface area contributed by atoms with E-state index in [1.54, 1.807) is 61.0 Å². The lowest BCUT2D eigenvalue weighted by molar-refractivity contribution is 0.0780. The van der Waals surface area contributed by atoms with Crippen molar-refractivity contribution in [3.63, 3.8) is 0 Å². The molecular formula is C23H28ClN3O3S. The van der Waals surface area contributed by atoms with E-state index in [1.807, 2.05) is 33.8 Å². The lowest BCUT2D eigenvalue weighted by Crippen LogP contribution is -2.20. The van der Waals surface area contributed by atoms with Crippen LogP contribution in [0.15, 0.2) is 53.4 Å². The van der Waals surface area contributed by atoms with Crippen LogP contribution in [-0.4, -0.2) is 23.3 Å². The van der Waals surface area contributed by atoms with E-state index in [-0.39, 0.29) is 15.5 Å². The van der Waals surface area contributed by atoms with Gasteiger partial charge < -0.3 is 5.11 Å². The van der Waals surface area contributed by atoms with Crippen LogP contribution in [0.3, 0.4) is 0 Å². The Kier molecular flexibility index (Phi) is 5.99. The molecule has 0 unspecified atom stereocenters. The van der Waals surface area contributed by atoms with Crippen molar-refractivity contribution in [2.45, 2.75) is 57.5 Å². The topological polar surface area (TPSA) is 84.2 Å². The summed E-state index contributed by atoms with van der Waals surface area (Å²) in [5, 5.41) is 15.1. The van der Waals surface area contributed by atoms with Crippen LogP contribution in [0.2, 0.25) is 5.15 Å². The Morgan fingerprint density at radius 2 is 1.65 bits per heavy atom. The lowest BCUT2D eigenvalue weighted by Gasteiger charge is -2.25. The molecule has 0 amide bonds. The highest BCUT2D eigenvalue weighted by atomic mass is 35.5. The average molecular weight is 462 g/mol. The molecule has 3 aromatic rings. The van der Waals surface area contributed by atoms with E-state index in [9.17, 15) is 13.5 Å². The molecule has 0 fully saturated rings. The van der Waals surface area contributed by atoms with Gasteiger partial charge in [-0.25, -0.2) is 13.1 Å². The molecule has 3 rings (SSSR count). The summed E-state index contributed by atoms with van der Waals surface area (Å²) in [6, 6.07) is 13.7. The van der Waals surface area contributed by atoms with Crippen molar-refractivity contribution in [3.05, 3.63) is 70.5 Å². The van der Waals surface area contributed by atoms with Gasteiger partial charge in [0.15, 0.2) is 5.15 Å². The summed E-state index contributed by atoms with van der Waals surface area (Å²) in [6.07, 6.45) is 0. The van der Waals surface area contributed by atoms with Gasteiger partial charge in [0.25, 0.3) is 10.0 Å². The van der Waals surface area contributed by atoms with Gasteiger partial charge >= 0.3 is 0 Å². The molecule has 0 radical (unpaired) electrons. The Hall–Kier alpha value is -2.35. The van der Waals surface area contributed by atoms with Gasteiger partial charge in [0, 0.05) is 11.3 Å².